The number of carbonyl (C=O) groups is 4. The Morgan fingerprint density at radius 1 is 0.953 bits per heavy atom. The van der Waals surface area contributed by atoms with Gasteiger partial charge in [-0.1, -0.05) is 6.07 Å². The average Bonchev–Trinajstić information content (AvgIpc) is 3.80. The van der Waals surface area contributed by atoms with E-state index in [-0.39, 0.29) is 64.3 Å². The number of rotatable bonds is 9. The number of amides is 4. The Bertz CT molecular complexity index is 3030. The SMILES string of the molecule is CNc1cc(Nc2cccn(-c3ccc(C(=O)N4CC5(CCN(c6cccc7c6n(C)c(=O)n7C6CCC(=O)NC6=O)CC5)C4)cn3)c2=O)nc2c(C(=O)NN3CC(F)(F)C3)cnn12. The molecular formula is C42H42F2N14O6. The Balaban J connectivity index is 0.789. The zero-order valence-corrected chi connectivity index (χ0v) is 34.7. The van der Waals surface area contributed by atoms with E-state index in [0.717, 1.165) is 29.1 Å². The normalized spacial score (nSPS) is 19.3. The van der Waals surface area contributed by atoms with Gasteiger partial charge in [-0.15, -0.1) is 0 Å². The Hall–Kier alpha value is -7.49. The number of benzene rings is 1. The lowest BCUT2D eigenvalue weighted by molar-refractivity contribution is -0.144. The maximum absolute atomic E-state index is 13.7. The van der Waals surface area contributed by atoms with Crippen LogP contribution >= 0.6 is 0 Å². The van der Waals surface area contributed by atoms with Crippen LogP contribution in [0.1, 0.15) is 52.4 Å². The van der Waals surface area contributed by atoms with E-state index in [1.165, 1.54) is 26.0 Å². The van der Waals surface area contributed by atoms with E-state index < -0.39 is 42.4 Å². The molecule has 1 spiro atoms. The molecule has 6 aromatic rings. The van der Waals surface area contributed by atoms with Crippen LogP contribution in [-0.4, -0.2) is 119 Å². The predicted octanol–water partition coefficient (Wildman–Crippen LogP) is 2.03. The van der Waals surface area contributed by atoms with Crippen molar-refractivity contribution >= 4 is 63.3 Å². The zero-order valence-electron chi connectivity index (χ0n) is 34.7. The largest absolute Gasteiger partial charge is 0.373 e. The number of nitrogens with one attached hydrogen (secondary N) is 4. The highest BCUT2D eigenvalue weighted by Crippen LogP contribution is 2.43. The summed E-state index contributed by atoms with van der Waals surface area (Å²) in [5, 5.41) is 13.7. The number of hydrogen-bond donors (Lipinski definition) is 4. The second-order valence-corrected chi connectivity index (χ2v) is 16.8. The standard InChI is InChI=1S/C42H42F2N14O6/c1-45-32-17-30(49-35-25(19-47-58(32)35)36(60)51-55-22-42(43,44)23-55)48-26-5-4-14-56(39(26)63)31-10-8-24(18-46-31)38(62)54-20-41(21-54)12-15-53(16-13-41)27-6-3-7-28-34(27)52(2)40(64)57(28)29-9-11-33(59)50-37(29)61/h3-8,10,14,17-19,29,45H,9,11-13,15-16,20-23H2,1-2H3,(H,48,49)(H,51,60)(H,50,59,61). The minimum Gasteiger partial charge on any atom is -0.373 e. The van der Waals surface area contributed by atoms with Crippen LogP contribution in [0.4, 0.5) is 31.8 Å². The van der Waals surface area contributed by atoms with Crippen LogP contribution in [0.15, 0.2) is 76.7 Å². The molecule has 0 bridgehead atoms. The number of aromatic nitrogens is 7. The number of hydrazine groups is 1. The van der Waals surface area contributed by atoms with E-state index in [1.807, 2.05) is 18.2 Å². The van der Waals surface area contributed by atoms with Crippen molar-refractivity contribution in [2.45, 2.75) is 37.6 Å². The number of aryl methyl sites for hydroxylation is 1. The highest BCUT2D eigenvalue weighted by molar-refractivity contribution is 6.01. The van der Waals surface area contributed by atoms with Crippen LogP contribution in [0.5, 0.6) is 0 Å². The number of para-hydroxylation sites is 1. The van der Waals surface area contributed by atoms with Crippen LogP contribution in [-0.2, 0) is 16.6 Å². The van der Waals surface area contributed by atoms with Crippen molar-refractivity contribution in [2.75, 3.05) is 61.8 Å². The van der Waals surface area contributed by atoms with Crippen LogP contribution in [0.2, 0.25) is 0 Å². The molecule has 9 heterocycles. The minimum atomic E-state index is -2.87. The average molecular weight is 877 g/mol. The Kier molecular flexibility index (Phi) is 9.57. The first-order valence-corrected chi connectivity index (χ1v) is 20.7. The zero-order chi connectivity index (χ0) is 44.7. The molecule has 4 aliphatic heterocycles. The summed E-state index contributed by atoms with van der Waals surface area (Å²) in [6.07, 6.45) is 6.37. The van der Waals surface area contributed by atoms with Crippen molar-refractivity contribution in [3.63, 3.8) is 0 Å². The molecule has 4 aliphatic rings. The molecule has 0 saturated carbocycles. The van der Waals surface area contributed by atoms with E-state index in [0.29, 0.717) is 43.1 Å². The number of nitrogens with zero attached hydrogens (tertiary/aromatic N) is 10. The van der Waals surface area contributed by atoms with E-state index in [9.17, 15) is 37.5 Å². The van der Waals surface area contributed by atoms with Crippen molar-refractivity contribution in [1.29, 1.82) is 0 Å². The molecule has 4 saturated heterocycles. The van der Waals surface area contributed by atoms with Crippen molar-refractivity contribution in [3.8, 4) is 5.82 Å². The molecule has 4 N–H and O–H groups in total. The number of halogens is 2. The fourth-order valence-electron chi connectivity index (χ4n) is 9.25. The molecule has 0 radical (unpaired) electrons. The summed E-state index contributed by atoms with van der Waals surface area (Å²) in [5.74, 6) is -3.60. The van der Waals surface area contributed by atoms with Crippen LogP contribution in [0.25, 0.3) is 22.5 Å². The van der Waals surface area contributed by atoms with Crippen molar-refractivity contribution in [1.82, 2.24) is 53.9 Å². The first-order chi connectivity index (χ1) is 30.7. The molecule has 20 nitrogen and oxygen atoms in total. The van der Waals surface area contributed by atoms with E-state index >= 15 is 0 Å². The van der Waals surface area contributed by atoms with Crippen molar-refractivity contribution in [2.24, 2.45) is 12.5 Å². The lowest BCUT2D eigenvalue weighted by Crippen LogP contribution is -2.62. The monoisotopic (exact) mass is 876 g/mol. The topological polar surface area (TPSA) is 218 Å². The first-order valence-electron chi connectivity index (χ1n) is 20.7. The van der Waals surface area contributed by atoms with E-state index in [4.69, 9.17) is 0 Å². The molecule has 4 amide bonds. The number of imidazole rings is 1. The summed E-state index contributed by atoms with van der Waals surface area (Å²) in [4.78, 5) is 91.4. The van der Waals surface area contributed by atoms with Gasteiger partial charge in [0.2, 0.25) is 11.8 Å². The van der Waals surface area contributed by atoms with Gasteiger partial charge in [0.15, 0.2) is 5.65 Å². The molecule has 0 aliphatic carbocycles. The smallest absolute Gasteiger partial charge is 0.329 e. The molecule has 22 heteroatoms. The fraction of sp³-hybridized carbons (Fsp3) is 0.357. The first kappa shape index (κ1) is 40.6. The number of imide groups is 1. The van der Waals surface area contributed by atoms with Crippen molar-refractivity contribution in [3.05, 3.63) is 99.1 Å². The number of carbonyl (C=O) groups excluding carboxylic acids is 4. The molecule has 1 aromatic carbocycles. The summed E-state index contributed by atoms with van der Waals surface area (Å²) in [7, 11) is 3.34. The third kappa shape index (κ3) is 6.89. The quantitative estimate of drug-likeness (QED) is 0.153. The second kappa shape index (κ2) is 15.1. The van der Waals surface area contributed by atoms with Crippen LogP contribution in [0.3, 0.4) is 0 Å². The lowest BCUT2D eigenvalue weighted by atomic mass is 9.71. The Morgan fingerprint density at radius 2 is 1.73 bits per heavy atom. The molecule has 5 aromatic heterocycles. The van der Waals surface area contributed by atoms with Gasteiger partial charge in [0.25, 0.3) is 23.3 Å². The molecule has 1 atom stereocenters. The summed E-state index contributed by atoms with van der Waals surface area (Å²) >= 11 is 0. The summed E-state index contributed by atoms with van der Waals surface area (Å²) in [6.45, 7) is 1.39. The van der Waals surface area contributed by atoms with Gasteiger partial charge in [0, 0.05) is 70.6 Å². The second-order valence-electron chi connectivity index (χ2n) is 16.8. The highest BCUT2D eigenvalue weighted by Gasteiger charge is 2.47. The Labute approximate surface area is 361 Å². The summed E-state index contributed by atoms with van der Waals surface area (Å²) in [5.41, 5.74) is 4.56. The van der Waals surface area contributed by atoms with Gasteiger partial charge in [-0.3, -0.25) is 48.4 Å². The van der Waals surface area contributed by atoms with E-state index in [1.54, 1.807) is 60.1 Å². The van der Waals surface area contributed by atoms with Crippen molar-refractivity contribution < 1.29 is 28.0 Å². The Morgan fingerprint density at radius 3 is 2.44 bits per heavy atom. The molecule has 330 valence electrons. The third-order valence-corrected chi connectivity index (χ3v) is 12.6. The minimum absolute atomic E-state index is 0.0416. The van der Waals surface area contributed by atoms with Gasteiger partial charge >= 0.3 is 5.69 Å². The lowest BCUT2D eigenvalue weighted by Gasteiger charge is -2.54. The molecular weight excluding hydrogens is 835 g/mol. The number of pyridine rings is 2. The number of anilines is 4. The summed E-state index contributed by atoms with van der Waals surface area (Å²) < 4.78 is 32.5. The number of likely N-dealkylation sites (tertiary alicyclic amines) is 1. The van der Waals surface area contributed by atoms with Crippen LogP contribution < -0.4 is 37.5 Å². The van der Waals surface area contributed by atoms with Gasteiger partial charge in [-0.25, -0.2) is 28.6 Å². The maximum atomic E-state index is 13.7. The highest BCUT2D eigenvalue weighted by atomic mass is 19.3. The molecule has 64 heavy (non-hydrogen) atoms. The fourth-order valence-corrected chi connectivity index (χ4v) is 9.25. The molecule has 1 unspecified atom stereocenters. The third-order valence-electron chi connectivity index (χ3n) is 12.6. The molecule has 10 rings (SSSR count). The molecule has 4 fully saturated rings. The number of hydrogen-bond acceptors (Lipinski definition) is 13. The summed E-state index contributed by atoms with van der Waals surface area (Å²) in [6, 6.07) is 13.0. The van der Waals surface area contributed by atoms with Gasteiger partial charge < -0.3 is 20.4 Å². The number of fused-ring (bicyclic) bond motifs is 2. The number of piperidine rings is 2. The maximum Gasteiger partial charge on any atom is 0.329 e. The van der Waals surface area contributed by atoms with Gasteiger partial charge in [0.1, 0.15) is 34.7 Å². The number of alkyl halides is 2. The van der Waals surface area contributed by atoms with E-state index in [2.05, 4.69) is 41.3 Å². The van der Waals surface area contributed by atoms with Gasteiger partial charge in [-0.05, 0) is 55.7 Å². The predicted molar refractivity (Wildman–Crippen MR) is 228 cm³/mol. The van der Waals surface area contributed by atoms with Gasteiger partial charge in [0.05, 0.1) is 41.6 Å². The van der Waals surface area contributed by atoms with Crippen LogP contribution in [0, 0.1) is 5.41 Å². The van der Waals surface area contributed by atoms with Gasteiger partial charge in [-0.2, -0.15) is 9.61 Å².